The van der Waals surface area contributed by atoms with Crippen LogP contribution in [-0.2, 0) is 19.3 Å². The number of aryl methyl sites for hydroxylation is 3. The molecule has 0 spiro atoms. The Bertz CT molecular complexity index is 885. The maximum Gasteiger partial charge on any atom is 0.123 e. The Labute approximate surface area is 175 Å². The lowest BCUT2D eigenvalue weighted by atomic mass is 9.84. The molecule has 0 aliphatic heterocycles. The predicted molar refractivity (Wildman–Crippen MR) is 123 cm³/mol. The highest BCUT2D eigenvalue weighted by Crippen LogP contribution is 2.32. The Kier molecular flexibility index (Phi) is 7.91. The monoisotopic (exact) mass is 393 g/mol. The molecule has 1 aliphatic carbocycles. The van der Waals surface area contributed by atoms with Crippen molar-refractivity contribution in [1.82, 2.24) is 4.98 Å². The average molecular weight is 394 g/mol. The van der Waals surface area contributed by atoms with Crippen LogP contribution in [0.2, 0.25) is 0 Å². The second kappa shape index (κ2) is 10.6. The Morgan fingerprint density at radius 1 is 0.897 bits per heavy atom. The van der Waals surface area contributed by atoms with Gasteiger partial charge in [0.05, 0.1) is 0 Å². The zero-order chi connectivity index (χ0) is 20.6. The van der Waals surface area contributed by atoms with Crippen molar-refractivity contribution in [2.75, 3.05) is 0 Å². The van der Waals surface area contributed by atoms with Crippen molar-refractivity contribution in [2.24, 2.45) is 0 Å². The molecule has 0 unspecified atom stereocenters. The van der Waals surface area contributed by atoms with E-state index in [4.69, 9.17) is 0 Å². The van der Waals surface area contributed by atoms with E-state index in [-0.39, 0.29) is 5.82 Å². The lowest BCUT2D eigenvalue weighted by Crippen LogP contribution is -2.04. The molecule has 1 aliphatic rings. The van der Waals surface area contributed by atoms with Gasteiger partial charge in [-0.05, 0) is 72.9 Å². The summed E-state index contributed by atoms with van der Waals surface area (Å²) in [6.45, 7) is 6.49. The first kappa shape index (κ1) is 21.6. The Morgan fingerprint density at radius 3 is 2.24 bits per heavy atom. The minimum Gasteiger partial charge on any atom is -0.358 e. The number of hydrogen-bond acceptors (Lipinski definition) is 0. The largest absolute Gasteiger partial charge is 0.358 e. The minimum atomic E-state index is -0.153. The highest BCUT2D eigenvalue weighted by atomic mass is 19.1. The third kappa shape index (κ3) is 5.50. The van der Waals surface area contributed by atoms with E-state index in [2.05, 4.69) is 50.0 Å². The first-order valence-corrected chi connectivity index (χ1v) is 11.5. The van der Waals surface area contributed by atoms with E-state index in [1.165, 1.54) is 55.0 Å². The van der Waals surface area contributed by atoms with Crippen LogP contribution < -0.4 is 0 Å². The summed E-state index contributed by atoms with van der Waals surface area (Å²) >= 11 is 0. The number of fused-ring (bicyclic) bond motifs is 1. The fourth-order valence-electron chi connectivity index (χ4n) is 4.60. The summed E-state index contributed by atoms with van der Waals surface area (Å²) in [6, 6.07) is 14.2. The first-order chi connectivity index (χ1) is 14.2. The molecule has 1 nitrogen and oxygen atoms in total. The van der Waals surface area contributed by atoms with Gasteiger partial charge < -0.3 is 4.98 Å². The summed E-state index contributed by atoms with van der Waals surface area (Å²) in [5, 5.41) is 1.04. The fourth-order valence-corrected chi connectivity index (χ4v) is 4.60. The smallest absolute Gasteiger partial charge is 0.123 e. The minimum absolute atomic E-state index is 0.153. The molecule has 4 rings (SSSR count). The maximum absolute atomic E-state index is 13.1. The van der Waals surface area contributed by atoms with E-state index >= 15 is 0 Å². The van der Waals surface area contributed by atoms with Crippen LogP contribution in [0.3, 0.4) is 0 Å². The van der Waals surface area contributed by atoms with Crippen LogP contribution in [0, 0.1) is 5.82 Å². The highest BCUT2D eigenvalue weighted by molar-refractivity contribution is 5.84. The molecule has 1 N–H and O–H groups in total. The number of H-pyrrole nitrogens is 1. The standard InChI is InChI=1S/C14H20.C13H16FN/c1-2-12-8-10-14(11-9-12)13-6-4-3-5-7-13;1-3-5-12-10(4-2)11-8-9(14)6-7-13(11)15-12/h8-11,13H,2-7H2,1H3;6-8,15H,3-5H2,1-2H3. The highest BCUT2D eigenvalue weighted by Gasteiger charge is 2.14. The van der Waals surface area contributed by atoms with Crippen LogP contribution >= 0.6 is 0 Å². The topological polar surface area (TPSA) is 15.8 Å². The Balaban J connectivity index is 0.000000166. The molecule has 2 heteroatoms. The molecule has 0 atom stereocenters. The molecule has 0 saturated heterocycles. The molecule has 2 aromatic carbocycles. The summed E-state index contributed by atoms with van der Waals surface area (Å²) in [7, 11) is 0. The van der Waals surface area contributed by atoms with Crippen LogP contribution in [0.1, 0.15) is 87.6 Å². The van der Waals surface area contributed by atoms with E-state index in [0.717, 1.165) is 42.5 Å². The number of aromatic nitrogens is 1. The normalized spacial score (nSPS) is 14.6. The summed E-state index contributed by atoms with van der Waals surface area (Å²) in [5.74, 6) is 0.703. The second-order valence-electron chi connectivity index (χ2n) is 8.31. The zero-order valence-electron chi connectivity index (χ0n) is 18.4. The number of hydrogen-bond donors (Lipinski definition) is 1. The van der Waals surface area contributed by atoms with E-state index < -0.39 is 0 Å². The third-order valence-corrected chi connectivity index (χ3v) is 6.27. The van der Waals surface area contributed by atoms with Crippen LogP contribution in [0.15, 0.2) is 42.5 Å². The average Bonchev–Trinajstić information content (AvgIpc) is 3.11. The van der Waals surface area contributed by atoms with Crippen molar-refractivity contribution in [3.63, 3.8) is 0 Å². The molecule has 0 bridgehead atoms. The van der Waals surface area contributed by atoms with E-state index in [1.54, 1.807) is 11.6 Å². The predicted octanol–water partition coefficient (Wildman–Crippen LogP) is 8.12. The van der Waals surface area contributed by atoms with Crippen LogP contribution in [0.25, 0.3) is 10.9 Å². The van der Waals surface area contributed by atoms with Crippen molar-refractivity contribution < 1.29 is 4.39 Å². The lowest BCUT2D eigenvalue weighted by molar-refractivity contribution is 0.443. The Hall–Kier alpha value is -2.09. The van der Waals surface area contributed by atoms with Gasteiger partial charge in [0.25, 0.3) is 0 Å². The summed E-state index contributed by atoms with van der Waals surface area (Å²) in [6.07, 6.45) is 11.4. The van der Waals surface area contributed by atoms with Gasteiger partial charge in [0.2, 0.25) is 0 Å². The van der Waals surface area contributed by atoms with Gasteiger partial charge in [-0.3, -0.25) is 0 Å². The lowest BCUT2D eigenvalue weighted by Gasteiger charge is -2.22. The van der Waals surface area contributed by atoms with Crippen LogP contribution in [0.5, 0.6) is 0 Å². The Morgan fingerprint density at radius 2 is 1.62 bits per heavy atom. The molecular formula is C27H36FN. The quantitative estimate of drug-likeness (QED) is 0.450. The van der Waals surface area contributed by atoms with Gasteiger partial charge in [-0.15, -0.1) is 0 Å². The second-order valence-corrected chi connectivity index (χ2v) is 8.31. The number of aromatic amines is 1. The molecule has 0 amide bonds. The van der Waals surface area contributed by atoms with Crippen molar-refractivity contribution in [1.29, 1.82) is 0 Å². The van der Waals surface area contributed by atoms with Gasteiger partial charge in [-0.1, -0.05) is 70.7 Å². The molecule has 1 aromatic heterocycles. The zero-order valence-corrected chi connectivity index (χ0v) is 18.4. The molecule has 1 fully saturated rings. The SMILES string of the molecule is CCCc1[nH]c2ccc(F)cc2c1CC.CCc1ccc(C2CCCCC2)cc1. The maximum atomic E-state index is 13.1. The number of halogens is 1. The van der Waals surface area contributed by atoms with Gasteiger partial charge in [-0.2, -0.15) is 0 Å². The van der Waals surface area contributed by atoms with Crippen LogP contribution in [0.4, 0.5) is 4.39 Å². The van der Waals surface area contributed by atoms with Gasteiger partial charge in [0.1, 0.15) is 5.82 Å². The van der Waals surface area contributed by atoms with Crippen molar-refractivity contribution in [3.05, 3.63) is 70.7 Å². The molecule has 1 heterocycles. The number of benzene rings is 2. The summed E-state index contributed by atoms with van der Waals surface area (Å²) < 4.78 is 13.1. The fraction of sp³-hybridized carbons (Fsp3) is 0.481. The number of nitrogens with one attached hydrogen (secondary N) is 1. The third-order valence-electron chi connectivity index (χ3n) is 6.27. The van der Waals surface area contributed by atoms with E-state index in [1.807, 2.05) is 6.07 Å². The molecule has 0 radical (unpaired) electrons. The van der Waals surface area contributed by atoms with Crippen molar-refractivity contribution >= 4 is 10.9 Å². The first-order valence-electron chi connectivity index (χ1n) is 11.5. The van der Waals surface area contributed by atoms with Crippen molar-refractivity contribution in [2.45, 2.75) is 84.5 Å². The van der Waals surface area contributed by atoms with Crippen LogP contribution in [-0.4, -0.2) is 4.98 Å². The number of rotatable bonds is 5. The van der Waals surface area contributed by atoms with E-state index in [9.17, 15) is 4.39 Å². The molecule has 156 valence electrons. The van der Waals surface area contributed by atoms with Gasteiger partial charge in [-0.25, -0.2) is 4.39 Å². The van der Waals surface area contributed by atoms with E-state index in [0.29, 0.717) is 0 Å². The summed E-state index contributed by atoms with van der Waals surface area (Å²) in [4.78, 5) is 3.38. The molecule has 29 heavy (non-hydrogen) atoms. The summed E-state index contributed by atoms with van der Waals surface area (Å²) in [5.41, 5.74) is 6.62. The van der Waals surface area contributed by atoms with Crippen molar-refractivity contribution in [3.8, 4) is 0 Å². The molecule has 1 saturated carbocycles. The van der Waals surface area contributed by atoms with Gasteiger partial charge >= 0.3 is 0 Å². The molecule has 3 aromatic rings. The molecular weight excluding hydrogens is 357 g/mol. The van der Waals surface area contributed by atoms with Gasteiger partial charge in [0.15, 0.2) is 0 Å². The van der Waals surface area contributed by atoms with Gasteiger partial charge in [0, 0.05) is 16.6 Å².